The Bertz CT molecular complexity index is 454. The number of aliphatic carboxylic acids is 1. The molecule has 0 saturated heterocycles. The lowest BCUT2D eigenvalue weighted by atomic mass is 10.1. The smallest absolute Gasteiger partial charge is 0.308 e. The van der Waals surface area contributed by atoms with Gasteiger partial charge in [-0.25, -0.2) is 0 Å². The van der Waals surface area contributed by atoms with Crippen LogP contribution in [0.25, 0.3) is 6.08 Å². The summed E-state index contributed by atoms with van der Waals surface area (Å²) in [5.41, 5.74) is 0.943. The molecule has 0 aliphatic heterocycles. The molecule has 0 bridgehead atoms. The minimum Gasteiger partial charge on any atom is -0.481 e. The van der Waals surface area contributed by atoms with Crippen LogP contribution in [0.2, 0.25) is 0 Å². The lowest BCUT2D eigenvalue weighted by Crippen LogP contribution is -2.35. The van der Waals surface area contributed by atoms with Crippen LogP contribution in [0.4, 0.5) is 0 Å². The number of hydrogen-bond acceptors (Lipinski definition) is 2. The van der Waals surface area contributed by atoms with Crippen LogP contribution >= 0.6 is 0 Å². The van der Waals surface area contributed by atoms with Gasteiger partial charge in [-0.2, -0.15) is 0 Å². The number of carboxylic acid groups (broad SMARTS) is 1. The lowest BCUT2D eigenvalue weighted by molar-refractivity contribution is -0.142. The van der Waals surface area contributed by atoms with Crippen LogP contribution in [0.15, 0.2) is 36.4 Å². The molecule has 0 spiro atoms. The van der Waals surface area contributed by atoms with Gasteiger partial charge in [0.25, 0.3) is 0 Å². The summed E-state index contributed by atoms with van der Waals surface area (Å²) in [6.45, 7) is 4.15. The summed E-state index contributed by atoms with van der Waals surface area (Å²) in [6.07, 6.45) is 3.21. The van der Waals surface area contributed by atoms with Gasteiger partial charge in [0.05, 0.1) is 5.92 Å². The van der Waals surface area contributed by atoms with E-state index in [0.717, 1.165) is 5.56 Å². The SMILES string of the molecule is CCN(CC(C)C(=O)O)C(=O)/C=C/c1ccccc1. The maximum atomic E-state index is 12.0. The molecule has 102 valence electrons. The second kappa shape index (κ2) is 7.36. The van der Waals surface area contributed by atoms with E-state index < -0.39 is 11.9 Å². The largest absolute Gasteiger partial charge is 0.481 e. The van der Waals surface area contributed by atoms with E-state index >= 15 is 0 Å². The first-order chi connectivity index (χ1) is 9.04. The number of hydrogen-bond donors (Lipinski definition) is 1. The fourth-order valence-electron chi connectivity index (χ4n) is 1.62. The van der Waals surface area contributed by atoms with E-state index in [2.05, 4.69) is 0 Å². The number of rotatable bonds is 6. The molecule has 0 aliphatic carbocycles. The third kappa shape index (κ3) is 4.95. The fraction of sp³-hybridized carbons (Fsp3) is 0.333. The molecule has 0 saturated carbocycles. The van der Waals surface area contributed by atoms with Gasteiger partial charge in [-0.05, 0) is 18.6 Å². The highest BCUT2D eigenvalue weighted by Gasteiger charge is 2.17. The van der Waals surface area contributed by atoms with Crippen molar-refractivity contribution in [3.63, 3.8) is 0 Å². The van der Waals surface area contributed by atoms with E-state index in [1.165, 1.54) is 11.0 Å². The standard InChI is InChI=1S/C15H19NO3/c1-3-16(11-12(2)15(18)19)14(17)10-9-13-7-5-4-6-8-13/h4-10,12H,3,11H2,1-2H3,(H,18,19)/b10-9+. The number of likely N-dealkylation sites (N-methyl/N-ethyl adjacent to an activating group) is 1. The Morgan fingerprint density at radius 2 is 1.95 bits per heavy atom. The molecule has 19 heavy (non-hydrogen) atoms. The van der Waals surface area contributed by atoms with E-state index in [1.54, 1.807) is 13.0 Å². The Morgan fingerprint density at radius 1 is 1.32 bits per heavy atom. The average molecular weight is 261 g/mol. The zero-order valence-corrected chi connectivity index (χ0v) is 11.2. The molecule has 1 unspecified atom stereocenters. The Kier molecular flexibility index (Phi) is 5.79. The van der Waals surface area contributed by atoms with Crippen molar-refractivity contribution in [2.45, 2.75) is 13.8 Å². The summed E-state index contributed by atoms with van der Waals surface area (Å²) in [7, 11) is 0. The first kappa shape index (κ1) is 15.0. The molecule has 0 aromatic heterocycles. The maximum Gasteiger partial charge on any atom is 0.308 e. The molecule has 1 aromatic rings. The molecular formula is C15H19NO3. The Morgan fingerprint density at radius 3 is 2.47 bits per heavy atom. The van der Waals surface area contributed by atoms with Crippen molar-refractivity contribution in [3.05, 3.63) is 42.0 Å². The van der Waals surface area contributed by atoms with E-state index in [4.69, 9.17) is 5.11 Å². The molecule has 1 atom stereocenters. The summed E-state index contributed by atoms with van der Waals surface area (Å²) >= 11 is 0. The van der Waals surface area contributed by atoms with Gasteiger partial charge in [0.1, 0.15) is 0 Å². The number of carbonyl (C=O) groups is 2. The van der Waals surface area contributed by atoms with Crippen LogP contribution in [0.5, 0.6) is 0 Å². The highest BCUT2D eigenvalue weighted by molar-refractivity contribution is 5.92. The second-order valence-electron chi connectivity index (χ2n) is 4.36. The van der Waals surface area contributed by atoms with E-state index in [0.29, 0.717) is 6.54 Å². The molecule has 0 radical (unpaired) electrons. The van der Waals surface area contributed by atoms with Crippen LogP contribution in [0.1, 0.15) is 19.4 Å². The number of benzene rings is 1. The van der Waals surface area contributed by atoms with Crippen molar-refractivity contribution in [1.82, 2.24) is 4.90 Å². The van der Waals surface area contributed by atoms with Crippen molar-refractivity contribution in [2.75, 3.05) is 13.1 Å². The predicted molar refractivity (Wildman–Crippen MR) is 74.5 cm³/mol. The average Bonchev–Trinajstić information content (AvgIpc) is 2.42. The summed E-state index contributed by atoms with van der Waals surface area (Å²) in [4.78, 5) is 24.3. The molecule has 1 rings (SSSR count). The van der Waals surface area contributed by atoms with Crippen molar-refractivity contribution < 1.29 is 14.7 Å². The number of carboxylic acids is 1. The van der Waals surface area contributed by atoms with Gasteiger partial charge in [-0.15, -0.1) is 0 Å². The summed E-state index contributed by atoms with van der Waals surface area (Å²) in [5.74, 6) is -1.62. The minimum atomic E-state index is -0.890. The van der Waals surface area contributed by atoms with Gasteiger partial charge in [-0.3, -0.25) is 9.59 Å². The van der Waals surface area contributed by atoms with Gasteiger partial charge >= 0.3 is 5.97 Å². The third-order valence-electron chi connectivity index (χ3n) is 2.83. The summed E-state index contributed by atoms with van der Waals surface area (Å²) in [5, 5.41) is 8.86. The number of nitrogens with zero attached hydrogens (tertiary/aromatic N) is 1. The Hall–Kier alpha value is -2.10. The number of carbonyl (C=O) groups excluding carboxylic acids is 1. The lowest BCUT2D eigenvalue weighted by Gasteiger charge is -2.21. The van der Waals surface area contributed by atoms with Crippen molar-refractivity contribution in [1.29, 1.82) is 0 Å². The zero-order valence-electron chi connectivity index (χ0n) is 11.2. The van der Waals surface area contributed by atoms with Crippen LogP contribution in [0, 0.1) is 5.92 Å². The second-order valence-corrected chi connectivity index (χ2v) is 4.36. The van der Waals surface area contributed by atoms with Gasteiger partial charge in [0.15, 0.2) is 0 Å². The van der Waals surface area contributed by atoms with Gasteiger partial charge in [0.2, 0.25) is 5.91 Å². The molecule has 1 amide bonds. The van der Waals surface area contributed by atoms with Crippen molar-refractivity contribution in [3.8, 4) is 0 Å². The monoisotopic (exact) mass is 261 g/mol. The van der Waals surface area contributed by atoms with E-state index in [-0.39, 0.29) is 12.5 Å². The minimum absolute atomic E-state index is 0.167. The normalized spacial score (nSPS) is 12.3. The van der Waals surface area contributed by atoms with E-state index in [9.17, 15) is 9.59 Å². The van der Waals surface area contributed by atoms with Crippen LogP contribution in [0.3, 0.4) is 0 Å². The first-order valence-corrected chi connectivity index (χ1v) is 6.29. The van der Waals surface area contributed by atoms with Crippen molar-refractivity contribution >= 4 is 18.0 Å². The predicted octanol–water partition coefficient (Wildman–Crippen LogP) is 2.27. The highest BCUT2D eigenvalue weighted by atomic mass is 16.4. The van der Waals surface area contributed by atoms with Crippen molar-refractivity contribution in [2.24, 2.45) is 5.92 Å². The third-order valence-corrected chi connectivity index (χ3v) is 2.83. The molecule has 0 heterocycles. The molecule has 1 N–H and O–H groups in total. The Labute approximate surface area is 113 Å². The van der Waals surface area contributed by atoms with Gasteiger partial charge < -0.3 is 10.0 Å². The molecule has 4 heteroatoms. The van der Waals surface area contributed by atoms with Crippen LogP contribution < -0.4 is 0 Å². The summed E-state index contributed by atoms with van der Waals surface area (Å²) < 4.78 is 0. The highest BCUT2D eigenvalue weighted by Crippen LogP contribution is 2.04. The van der Waals surface area contributed by atoms with Crippen LogP contribution in [-0.2, 0) is 9.59 Å². The van der Waals surface area contributed by atoms with Crippen LogP contribution in [-0.4, -0.2) is 35.0 Å². The zero-order chi connectivity index (χ0) is 14.3. The fourth-order valence-corrected chi connectivity index (χ4v) is 1.62. The first-order valence-electron chi connectivity index (χ1n) is 6.29. The molecule has 0 aliphatic rings. The maximum absolute atomic E-state index is 12.0. The Balaban J connectivity index is 2.64. The molecule has 1 aromatic carbocycles. The molecule has 0 fully saturated rings. The molecular weight excluding hydrogens is 242 g/mol. The quantitative estimate of drug-likeness (QED) is 0.799. The van der Waals surface area contributed by atoms with Gasteiger partial charge in [0, 0.05) is 19.2 Å². The number of amides is 1. The van der Waals surface area contributed by atoms with E-state index in [1.807, 2.05) is 37.3 Å². The van der Waals surface area contributed by atoms with Gasteiger partial charge in [-0.1, -0.05) is 37.3 Å². The topological polar surface area (TPSA) is 57.6 Å². The summed E-state index contributed by atoms with van der Waals surface area (Å²) in [6, 6.07) is 9.51. The molecule has 4 nitrogen and oxygen atoms in total.